The van der Waals surface area contributed by atoms with Gasteiger partial charge >= 0.3 is 12.1 Å². The molecular formula is C31H48F5NO3S. The molecule has 0 heterocycles. The zero-order chi connectivity index (χ0) is 31.1. The van der Waals surface area contributed by atoms with Crippen LogP contribution in [0.15, 0.2) is 23.4 Å². The molecule has 0 aliphatic heterocycles. The van der Waals surface area contributed by atoms with Crippen molar-refractivity contribution in [2.24, 2.45) is 27.8 Å². The number of hydrogen-bond acceptors (Lipinski definition) is 5. The number of fused-ring (bicyclic) bond motifs is 5. The van der Waals surface area contributed by atoms with Crippen molar-refractivity contribution in [2.75, 3.05) is 12.9 Å². The molecule has 2 fully saturated rings. The molecule has 4 rings (SSSR count). The molecule has 1 aromatic carbocycles. The highest BCUT2D eigenvalue weighted by molar-refractivity contribution is 7.94. The molecule has 2 saturated carbocycles. The topological polar surface area (TPSA) is 62.1 Å². The maximum absolute atomic E-state index is 12.2. The Kier molecular flexibility index (Phi) is 12.8. The first-order valence-corrected chi connectivity index (χ1v) is 15.6. The van der Waals surface area contributed by atoms with E-state index in [0.29, 0.717) is 28.9 Å². The number of nitrogens with zero attached hydrogens (tertiary/aromatic N) is 1. The number of halogens is 5. The molecule has 2 N–H and O–H groups in total. The molecule has 0 spiro atoms. The minimum absolute atomic E-state index is 0.115. The number of aromatic hydroxyl groups is 1. The third-order valence-electron chi connectivity index (χ3n) is 9.74. The summed E-state index contributed by atoms with van der Waals surface area (Å²) in [7, 11) is 1.33. The molecule has 1 aromatic rings. The van der Waals surface area contributed by atoms with Gasteiger partial charge in [0.2, 0.25) is 0 Å². The van der Waals surface area contributed by atoms with Crippen molar-refractivity contribution in [3.8, 4) is 5.75 Å². The quantitative estimate of drug-likeness (QED) is 0.106. The third kappa shape index (κ3) is 8.97. The molecule has 4 nitrogen and oxygen atoms in total. The lowest BCUT2D eigenvalue weighted by atomic mass is 9.55. The predicted molar refractivity (Wildman–Crippen MR) is 156 cm³/mol. The number of phenols is 1. The Morgan fingerprint density at radius 2 is 1.71 bits per heavy atom. The molecule has 0 radical (unpaired) electrons. The van der Waals surface area contributed by atoms with Gasteiger partial charge in [0, 0.05) is 17.6 Å². The zero-order valence-electron chi connectivity index (χ0n) is 25.3. The van der Waals surface area contributed by atoms with Crippen LogP contribution in [-0.4, -0.2) is 41.0 Å². The first kappa shape index (κ1) is 35.6. The SMILES string of the molecule is CC12CCC3c4ccc(O)cc4CCC3C1CC/C2=N/O.CCC(C)(C)CC.COSCCCC(F)(F)C(F)(F)F. The van der Waals surface area contributed by atoms with Crippen molar-refractivity contribution in [2.45, 2.75) is 117 Å². The van der Waals surface area contributed by atoms with Gasteiger partial charge < -0.3 is 14.5 Å². The van der Waals surface area contributed by atoms with E-state index in [2.05, 4.69) is 50.0 Å². The Morgan fingerprint density at radius 1 is 1.05 bits per heavy atom. The second-order valence-electron chi connectivity index (χ2n) is 12.5. The Balaban J connectivity index is 0.000000253. The molecule has 3 aliphatic rings. The molecule has 0 aromatic heterocycles. The molecule has 41 heavy (non-hydrogen) atoms. The average molecular weight is 610 g/mol. The van der Waals surface area contributed by atoms with Crippen LogP contribution >= 0.6 is 12.0 Å². The van der Waals surface area contributed by atoms with Crippen LogP contribution in [0.5, 0.6) is 5.75 Å². The van der Waals surface area contributed by atoms with Gasteiger partial charge in [0.25, 0.3) is 0 Å². The van der Waals surface area contributed by atoms with Crippen LogP contribution in [0.1, 0.15) is 109 Å². The number of hydrogen-bond donors (Lipinski definition) is 2. The first-order valence-electron chi connectivity index (χ1n) is 14.7. The van der Waals surface area contributed by atoms with Gasteiger partial charge in [-0.05, 0) is 103 Å². The van der Waals surface area contributed by atoms with Gasteiger partial charge in [0.05, 0.1) is 12.8 Å². The second kappa shape index (κ2) is 14.8. The van der Waals surface area contributed by atoms with Crippen LogP contribution in [-0.2, 0) is 10.6 Å². The van der Waals surface area contributed by atoms with Crippen LogP contribution in [0, 0.1) is 22.7 Å². The van der Waals surface area contributed by atoms with E-state index in [1.54, 1.807) is 0 Å². The highest BCUT2D eigenvalue weighted by Gasteiger charge is 2.56. The van der Waals surface area contributed by atoms with E-state index in [0.717, 1.165) is 37.0 Å². The molecule has 3 aliphatic carbocycles. The summed E-state index contributed by atoms with van der Waals surface area (Å²) in [6.07, 6.45) is 2.44. The Hall–Kier alpha value is -1.55. The van der Waals surface area contributed by atoms with Gasteiger partial charge in [0.15, 0.2) is 0 Å². The summed E-state index contributed by atoms with van der Waals surface area (Å²) in [4.78, 5) is 0. The Bertz CT molecular complexity index is 994. The van der Waals surface area contributed by atoms with Gasteiger partial charge in [-0.3, -0.25) is 0 Å². The fraction of sp³-hybridized carbons (Fsp3) is 0.774. The van der Waals surface area contributed by atoms with E-state index in [1.807, 2.05) is 12.1 Å². The summed E-state index contributed by atoms with van der Waals surface area (Å²) < 4.78 is 63.5. The Labute approximate surface area is 246 Å². The van der Waals surface area contributed by atoms with Crippen LogP contribution in [0.4, 0.5) is 22.0 Å². The van der Waals surface area contributed by atoms with Gasteiger partial charge in [-0.2, -0.15) is 22.0 Å². The highest BCUT2D eigenvalue weighted by atomic mass is 32.2. The number of oxime groups is 1. The number of aryl methyl sites for hydroxylation is 1. The van der Waals surface area contributed by atoms with Crippen molar-refractivity contribution < 1.29 is 36.4 Å². The van der Waals surface area contributed by atoms with Gasteiger partial charge in [-0.15, -0.1) is 0 Å². The van der Waals surface area contributed by atoms with E-state index in [-0.39, 0.29) is 17.6 Å². The normalized spacial score (nSPS) is 26.6. The lowest BCUT2D eigenvalue weighted by molar-refractivity contribution is -0.284. The van der Waals surface area contributed by atoms with Crippen LogP contribution in [0.2, 0.25) is 0 Å². The largest absolute Gasteiger partial charge is 0.508 e. The number of benzene rings is 1. The molecule has 0 amide bonds. The monoisotopic (exact) mass is 609 g/mol. The van der Waals surface area contributed by atoms with E-state index < -0.39 is 18.5 Å². The fourth-order valence-corrected chi connectivity index (χ4v) is 6.78. The number of rotatable bonds is 7. The minimum Gasteiger partial charge on any atom is -0.508 e. The van der Waals surface area contributed by atoms with Crippen LogP contribution in [0.25, 0.3) is 0 Å². The smallest absolute Gasteiger partial charge is 0.453 e. The van der Waals surface area contributed by atoms with Gasteiger partial charge in [-0.25, -0.2) is 0 Å². The summed E-state index contributed by atoms with van der Waals surface area (Å²) in [5.41, 5.74) is 4.53. The minimum atomic E-state index is -5.44. The van der Waals surface area contributed by atoms with Crippen LogP contribution in [0.3, 0.4) is 0 Å². The summed E-state index contributed by atoms with van der Waals surface area (Å²) in [5, 5.41) is 22.6. The van der Waals surface area contributed by atoms with Crippen molar-refractivity contribution in [3.05, 3.63) is 29.3 Å². The molecule has 4 atom stereocenters. The summed E-state index contributed by atoms with van der Waals surface area (Å²) in [6, 6.07) is 5.93. The lowest BCUT2D eigenvalue weighted by Gasteiger charge is -2.48. The van der Waals surface area contributed by atoms with Crippen molar-refractivity contribution in [1.82, 2.24) is 0 Å². The maximum Gasteiger partial charge on any atom is 0.453 e. The van der Waals surface area contributed by atoms with Crippen molar-refractivity contribution in [1.29, 1.82) is 0 Å². The second-order valence-corrected chi connectivity index (χ2v) is 13.5. The van der Waals surface area contributed by atoms with E-state index in [1.165, 1.54) is 50.3 Å². The third-order valence-corrected chi connectivity index (χ3v) is 10.4. The van der Waals surface area contributed by atoms with Crippen molar-refractivity contribution >= 4 is 17.8 Å². The van der Waals surface area contributed by atoms with E-state index >= 15 is 0 Å². The fourth-order valence-electron chi connectivity index (χ4n) is 6.35. The molecule has 236 valence electrons. The number of alkyl halides is 5. The standard InChI is InChI=1S/C18H23NO2.C7H16.C6H9F5OS/c1-18-9-8-14-13-5-3-12(20)10-11(13)2-4-15(14)16(18)6-7-17(18)19-21;1-5-7(3,4)6-2;1-12-13-4-2-3-5(7,8)6(9,10)11/h3,5,10,14-16,20-21H,2,4,6-9H2,1H3;5-6H2,1-4H3;2-4H2,1H3/b19-17-;;. The van der Waals surface area contributed by atoms with Gasteiger partial charge in [0.1, 0.15) is 5.75 Å². The maximum atomic E-state index is 12.2. The average Bonchev–Trinajstić information content (AvgIpc) is 3.27. The van der Waals surface area contributed by atoms with Gasteiger partial charge in [-0.1, -0.05) is 58.7 Å². The van der Waals surface area contributed by atoms with E-state index in [4.69, 9.17) is 0 Å². The van der Waals surface area contributed by atoms with Crippen LogP contribution < -0.4 is 0 Å². The first-order chi connectivity index (χ1) is 19.1. The summed E-state index contributed by atoms with van der Waals surface area (Å²) >= 11 is 0.859. The summed E-state index contributed by atoms with van der Waals surface area (Å²) in [5.74, 6) is -2.07. The van der Waals surface area contributed by atoms with Crippen molar-refractivity contribution in [3.63, 3.8) is 0 Å². The number of phenolic OH excluding ortho intramolecular Hbond substituents is 1. The molecule has 4 unspecified atom stereocenters. The lowest BCUT2D eigenvalue weighted by Crippen LogP contribution is -2.42. The summed E-state index contributed by atoms with van der Waals surface area (Å²) in [6.45, 7) is 11.4. The molecule has 0 bridgehead atoms. The molecular weight excluding hydrogens is 561 g/mol. The molecule has 0 saturated heterocycles. The highest BCUT2D eigenvalue weighted by Crippen LogP contribution is 2.59. The zero-order valence-corrected chi connectivity index (χ0v) is 26.1. The predicted octanol–water partition coefficient (Wildman–Crippen LogP) is 10.2. The molecule has 10 heteroatoms. The van der Waals surface area contributed by atoms with E-state index in [9.17, 15) is 32.3 Å². The Morgan fingerprint density at radius 3 is 2.24 bits per heavy atom.